The molecule has 0 saturated heterocycles. The number of carbonyl (C=O) groups excluding carboxylic acids is 2. The number of anilines is 2. The minimum Gasteiger partial charge on any atom is -0.480 e. The fourth-order valence-corrected chi connectivity index (χ4v) is 3.60. The minimum absolute atomic E-state index is 0.0591. The van der Waals surface area contributed by atoms with Gasteiger partial charge in [-0.1, -0.05) is 41.9 Å². The predicted molar refractivity (Wildman–Crippen MR) is 128 cm³/mol. The Morgan fingerprint density at radius 3 is 2.26 bits per heavy atom. The molecule has 0 fully saturated rings. The van der Waals surface area contributed by atoms with Crippen molar-refractivity contribution in [3.63, 3.8) is 0 Å². The number of nitrogens with one attached hydrogen (secondary N) is 2. The van der Waals surface area contributed by atoms with E-state index in [1.165, 1.54) is 0 Å². The lowest BCUT2D eigenvalue weighted by Gasteiger charge is -2.16. The zero-order chi connectivity index (χ0) is 22.2. The second-order valence-corrected chi connectivity index (χ2v) is 8.23. The molecular weight excluding hydrogens is 480 g/mol. The fraction of sp³-hybridized carbons (Fsp3) is 0.167. The predicted octanol–water partition coefficient (Wildman–Crippen LogP) is 6.08. The maximum Gasteiger partial charge on any atom is 0.265 e. The molecule has 0 bridgehead atoms. The Labute approximate surface area is 194 Å². The van der Waals surface area contributed by atoms with Crippen LogP contribution >= 0.6 is 27.5 Å². The molecule has 0 spiro atoms. The van der Waals surface area contributed by atoms with Crippen molar-refractivity contribution in [3.05, 3.63) is 87.9 Å². The van der Waals surface area contributed by atoms with Crippen molar-refractivity contribution in [2.75, 3.05) is 10.6 Å². The number of carbonyl (C=O) groups is 2. The lowest BCUT2D eigenvalue weighted by Crippen LogP contribution is -2.30. The average Bonchev–Trinajstić information content (AvgIpc) is 2.76. The SMILES string of the molecule is CC(Oc1ccc(Cl)cc1Br)C(=O)Nc1ccc(NC(=O)CCc2ccccc2)cc1. The summed E-state index contributed by atoms with van der Waals surface area (Å²) < 4.78 is 6.37. The molecule has 0 aliphatic heterocycles. The van der Waals surface area contributed by atoms with Gasteiger partial charge in [0.15, 0.2) is 6.10 Å². The van der Waals surface area contributed by atoms with E-state index in [2.05, 4.69) is 26.6 Å². The van der Waals surface area contributed by atoms with Gasteiger partial charge < -0.3 is 15.4 Å². The van der Waals surface area contributed by atoms with Crippen molar-refractivity contribution >= 4 is 50.7 Å². The summed E-state index contributed by atoms with van der Waals surface area (Å²) in [5.41, 5.74) is 2.40. The molecule has 5 nitrogen and oxygen atoms in total. The van der Waals surface area contributed by atoms with Gasteiger partial charge in [-0.3, -0.25) is 9.59 Å². The Bertz CT molecular complexity index is 1040. The lowest BCUT2D eigenvalue weighted by atomic mass is 10.1. The number of ether oxygens (including phenoxy) is 1. The van der Waals surface area contributed by atoms with Gasteiger partial charge in [0.1, 0.15) is 5.75 Å². The highest BCUT2D eigenvalue weighted by Crippen LogP contribution is 2.29. The largest absolute Gasteiger partial charge is 0.480 e. The van der Waals surface area contributed by atoms with Crippen LogP contribution < -0.4 is 15.4 Å². The Morgan fingerprint density at radius 1 is 0.968 bits per heavy atom. The smallest absolute Gasteiger partial charge is 0.265 e. The van der Waals surface area contributed by atoms with Crippen LogP contribution in [-0.2, 0) is 16.0 Å². The number of hydrogen-bond acceptors (Lipinski definition) is 3. The fourth-order valence-electron chi connectivity index (χ4n) is 2.82. The van der Waals surface area contributed by atoms with Crippen molar-refractivity contribution < 1.29 is 14.3 Å². The molecule has 1 atom stereocenters. The van der Waals surface area contributed by atoms with Gasteiger partial charge in [0.25, 0.3) is 5.91 Å². The first-order valence-corrected chi connectivity index (χ1v) is 10.9. The van der Waals surface area contributed by atoms with Gasteiger partial charge in [-0.2, -0.15) is 0 Å². The molecule has 0 aromatic heterocycles. The number of hydrogen-bond donors (Lipinski definition) is 2. The van der Waals surface area contributed by atoms with Crippen molar-refractivity contribution in [2.45, 2.75) is 25.9 Å². The van der Waals surface area contributed by atoms with Gasteiger partial charge in [-0.05, 0) is 77.3 Å². The van der Waals surface area contributed by atoms with E-state index in [0.29, 0.717) is 39.5 Å². The van der Waals surface area contributed by atoms with E-state index in [9.17, 15) is 9.59 Å². The summed E-state index contributed by atoms with van der Waals surface area (Å²) in [6, 6.07) is 21.9. The van der Waals surface area contributed by atoms with Crippen LogP contribution in [0.3, 0.4) is 0 Å². The highest BCUT2D eigenvalue weighted by atomic mass is 79.9. The summed E-state index contributed by atoms with van der Waals surface area (Å²) in [6.45, 7) is 1.66. The van der Waals surface area contributed by atoms with Crippen LogP contribution in [0.15, 0.2) is 77.3 Å². The second-order valence-electron chi connectivity index (χ2n) is 6.94. The topological polar surface area (TPSA) is 67.4 Å². The standard InChI is InChI=1S/C24H22BrClN2O3/c1-16(31-22-13-8-18(26)15-21(22)25)24(30)28-20-11-9-19(10-12-20)27-23(29)14-7-17-5-3-2-4-6-17/h2-6,8-13,15-16H,7,14H2,1H3,(H,27,29)(H,28,30). The molecule has 160 valence electrons. The Balaban J connectivity index is 1.48. The van der Waals surface area contributed by atoms with Gasteiger partial charge in [0, 0.05) is 22.8 Å². The summed E-state index contributed by atoms with van der Waals surface area (Å²) in [4.78, 5) is 24.6. The van der Waals surface area contributed by atoms with E-state index < -0.39 is 6.10 Å². The van der Waals surface area contributed by atoms with E-state index in [1.807, 2.05) is 30.3 Å². The van der Waals surface area contributed by atoms with Gasteiger partial charge in [-0.15, -0.1) is 0 Å². The van der Waals surface area contributed by atoms with Crippen molar-refractivity contribution in [1.82, 2.24) is 0 Å². The zero-order valence-corrected chi connectivity index (χ0v) is 19.2. The summed E-state index contributed by atoms with van der Waals surface area (Å²) in [5.74, 6) is 0.179. The summed E-state index contributed by atoms with van der Waals surface area (Å²) in [5, 5.41) is 6.24. The molecule has 2 amide bonds. The molecule has 0 radical (unpaired) electrons. The number of amides is 2. The van der Waals surface area contributed by atoms with Crippen LogP contribution in [0.4, 0.5) is 11.4 Å². The first-order valence-electron chi connectivity index (χ1n) is 9.77. The van der Waals surface area contributed by atoms with Crippen molar-refractivity contribution in [3.8, 4) is 5.75 Å². The number of halogens is 2. The number of benzene rings is 3. The molecule has 31 heavy (non-hydrogen) atoms. The monoisotopic (exact) mass is 500 g/mol. The van der Waals surface area contributed by atoms with Gasteiger partial charge in [-0.25, -0.2) is 0 Å². The molecule has 0 saturated carbocycles. The first-order chi connectivity index (χ1) is 14.9. The molecule has 0 aliphatic carbocycles. The van der Waals surface area contributed by atoms with Crippen LogP contribution in [0.5, 0.6) is 5.75 Å². The summed E-state index contributed by atoms with van der Waals surface area (Å²) >= 11 is 9.29. The summed E-state index contributed by atoms with van der Waals surface area (Å²) in [7, 11) is 0. The minimum atomic E-state index is -0.713. The second kappa shape index (κ2) is 11.0. The Morgan fingerprint density at radius 2 is 1.61 bits per heavy atom. The van der Waals surface area contributed by atoms with Crippen LogP contribution in [0.1, 0.15) is 18.9 Å². The molecule has 7 heteroatoms. The third kappa shape index (κ3) is 7.12. The third-order valence-corrected chi connectivity index (χ3v) is 5.34. The summed E-state index contributed by atoms with van der Waals surface area (Å²) in [6.07, 6.45) is 0.370. The van der Waals surface area contributed by atoms with E-state index in [0.717, 1.165) is 5.56 Å². The van der Waals surface area contributed by atoms with Crippen LogP contribution in [0, 0.1) is 0 Å². The van der Waals surface area contributed by atoms with Gasteiger partial charge in [0.2, 0.25) is 5.91 Å². The zero-order valence-electron chi connectivity index (χ0n) is 16.9. The van der Waals surface area contributed by atoms with Crippen LogP contribution in [0.2, 0.25) is 5.02 Å². The molecule has 3 aromatic rings. The van der Waals surface area contributed by atoms with Crippen LogP contribution in [-0.4, -0.2) is 17.9 Å². The van der Waals surface area contributed by atoms with Gasteiger partial charge in [0.05, 0.1) is 4.47 Å². The van der Waals surface area contributed by atoms with Gasteiger partial charge >= 0.3 is 0 Å². The Hall–Kier alpha value is -2.83. The van der Waals surface area contributed by atoms with Crippen molar-refractivity contribution in [1.29, 1.82) is 0 Å². The molecule has 1 unspecified atom stereocenters. The highest BCUT2D eigenvalue weighted by Gasteiger charge is 2.16. The van der Waals surface area contributed by atoms with E-state index >= 15 is 0 Å². The molecular formula is C24H22BrClN2O3. The van der Waals surface area contributed by atoms with Crippen molar-refractivity contribution in [2.24, 2.45) is 0 Å². The molecule has 0 heterocycles. The molecule has 0 aliphatic rings. The lowest BCUT2D eigenvalue weighted by molar-refractivity contribution is -0.122. The van der Waals surface area contributed by atoms with E-state index in [1.54, 1.807) is 49.4 Å². The molecule has 2 N–H and O–H groups in total. The first kappa shape index (κ1) is 22.8. The number of aryl methyl sites for hydroxylation is 1. The van der Waals surface area contributed by atoms with Crippen LogP contribution in [0.25, 0.3) is 0 Å². The maximum atomic E-state index is 12.4. The highest BCUT2D eigenvalue weighted by molar-refractivity contribution is 9.10. The van der Waals surface area contributed by atoms with E-state index in [4.69, 9.17) is 16.3 Å². The quantitative estimate of drug-likeness (QED) is 0.393. The maximum absolute atomic E-state index is 12.4. The molecule has 3 aromatic carbocycles. The Kier molecular flexibility index (Phi) is 8.09. The average molecular weight is 502 g/mol. The normalized spacial score (nSPS) is 11.5. The molecule has 3 rings (SSSR count). The number of rotatable bonds is 8. The van der Waals surface area contributed by atoms with E-state index in [-0.39, 0.29) is 11.8 Å². The third-order valence-electron chi connectivity index (χ3n) is 4.49.